The quantitative estimate of drug-likeness (QED) is 0.00906. The topological polar surface area (TPSA) is 470 Å². The van der Waals surface area contributed by atoms with Gasteiger partial charge in [-0.1, -0.05) is 41.4 Å². The predicted molar refractivity (Wildman–Crippen MR) is 294 cm³/mol. The van der Waals surface area contributed by atoms with Crippen LogP contribution in [0.15, 0.2) is 163 Å². The van der Waals surface area contributed by atoms with E-state index in [0.717, 1.165) is 41.8 Å². The standard InChI is InChI=1S/C27H21ClN8O13S3.C20H13N3O7S.Cr/c28-25-31-26(29-15-3-6-18(7-4-15)51(42,43)10-9-47-52(44,45)46)33-27(32-25)30-16-2-1-14-11-22(50-49-48-41)23(24(38)19(14)12-16)35-34-20-13-17(36(39)40)5-8-21(20)37;24-16-8-5-11-3-1-2-4-13(11)19(16)21-22-20-14-7-6-12(23(26)27)9-15(14)18(10-17(20)25)31(28,29)30;/h1-8,11-13,37-38,41H,9-10H2,(H,44,45,46)(H2,29,30,31,32,33);1-10,24-25H,(H,28,29,30);. The molecule has 9 rings (SSSR count). The molecule has 0 unspecified atom stereocenters. The number of benzene rings is 8. The van der Waals surface area contributed by atoms with Crippen molar-refractivity contribution in [2.24, 2.45) is 20.5 Å². The van der Waals surface area contributed by atoms with Gasteiger partial charge in [0.2, 0.25) is 17.2 Å². The normalized spacial score (nSPS) is 11.9. The van der Waals surface area contributed by atoms with Gasteiger partial charge < -0.3 is 31.1 Å². The van der Waals surface area contributed by atoms with E-state index in [1.807, 2.05) is 0 Å². The van der Waals surface area contributed by atoms with Crippen molar-refractivity contribution in [3.63, 3.8) is 0 Å². The number of aromatic hydroxyl groups is 4. The summed E-state index contributed by atoms with van der Waals surface area (Å²) in [6, 6.07) is 28.7. The fraction of sp³-hybridized carbons (Fsp3) is 0.0426. The minimum Gasteiger partial charge on any atom is -0.506 e. The number of halogens is 1. The van der Waals surface area contributed by atoms with Crippen molar-refractivity contribution in [2.75, 3.05) is 23.0 Å². The summed E-state index contributed by atoms with van der Waals surface area (Å²) in [6.07, 6.45) is 0. The number of phenols is 4. The van der Waals surface area contributed by atoms with Gasteiger partial charge in [-0.2, -0.15) is 31.8 Å². The van der Waals surface area contributed by atoms with Gasteiger partial charge in [0.25, 0.3) is 21.5 Å². The second-order valence-electron chi connectivity index (χ2n) is 16.5. The van der Waals surface area contributed by atoms with Crippen LogP contribution in [0.4, 0.5) is 57.4 Å². The number of anilines is 4. The number of nitrogens with one attached hydrogen (secondary N) is 2. The van der Waals surface area contributed by atoms with E-state index >= 15 is 0 Å². The minimum absolute atomic E-state index is 0. The average molecular weight is 1290 g/mol. The first-order chi connectivity index (χ1) is 39.3. The average Bonchev–Trinajstić information content (AvgIpc) is 1.55. The zero-order valence-electron chi connectivity index (χ0n) is 41.4. The third kappa shape index (κ3) is 15.2. The van der Waals surface area contributed by atoms with Crippen LogP contribution >= 0.6 is 23.6 Å². The van der Waals surface area contributed by atoms with Gasteiger partial charge >= 0.3 is 10.4 Å². The van der Waals surface area contributed by atoms with Crippen LogP contribution in [-0.2, 0) is 61.3 Å². The molecule has 0 spiro atoms. The molecule has 8 aromatic carbocycles. The molecule has 0 saturated heterocycles. The Morgan fingerprint density at radius 1 is 0.607 bits per heavy atom. The molecule has 0 fully saturated rings. The van der Waals surface area contributed by atoms with Crippen LogP contribution in [0.25, 0.3) is 32.3 Å². The van der Waals surface area contributed by atoms with Gasteiger partial charge in [-0.15, -0.1) is 24.8 Å². The van der Waals surface area contributed by atoms with E-state index in [1.54, 1.807) is 42.5 Å². The van der Waals surface area contributed by atoms with Crippen molar-refractivity contribution >= 4 is 144 Å². The molecule has 0 aliphatic carbocycles. The number of phenolic OH excluding ortho intramolecular Hbond substituents is 4. The first kappa shape index (κ1) is 62.7. The molecule has 0 saturated carbocycles. The summed E-state index contributed by atoms with van der Waals surface area (Å²) < 4.78 is 96.5. The Balaban J connectivity index is 0.000000269. The number of rotatable bonds is 19. The molecule has 9 N–H and O–H groups in total. The van der Waals surface area contributed by atoms with Crippen LogP contribution in [-0.4, -0.2) is 97.2 Å². The second-order valence-corrected chi connectivity index (χ2v) is 22.2. The molecule has 434 valence electrons. The Morgan fingerprint density at radius 2 is 1.20 bits per heavy atom. The van der Waals surface area contributed by atoms with Gasteiger partial charge in [0.05, 0.1) is 44.0 Å². The van der Waals surface area contributed by atoms with Crippen LogP contribution in [0.5, 0.6) is 23.0 Å². The van der Waals surface area contributed by atoms with Crippen molar-refractivity contribution in [3.05, 3.63) is 153 Å². The third-order valence-corrected chi connectivity index (χ3v) is 15.0. The van der Waals surface area contributed by atoms with E-state index in [0.29, 0.717) is 34.2 Å². The molecule has 0 amide bonds. The van der Waals surface area contributed by atoms with E-state index in [2.05, 4.69) is 59.6 Å². The maximum atomic E-state index is 12.5. The van der Waals surface area contributed by atoms with Crippen molar-refractivity contribution in [1.29, 1.82) is 0 Å². The number of nitro benzene ring substituents is 2. The molecule has 1 heterocycles. The van der Waals surface area contributed by atoms with Crippen LogP contribution in [0.2, 0.25) is 5.28 Å². The maximum absolute atomic E-state index is 12.5. The van der Waals surface area contributed by atoms with Crippen LogP contribution in [0, 0.1) is 20.2 Å². The Morgan fingerprint density at radius 3 is 1.86 bits per heavy atom. The molecule has 9 aromatic rings. The first-order valence-corrected chi connectivity index (χ1v) is 28.1. The zero-order valence-corrected chi connectivity index (χ0v) is 46.7. The fourth-order valence-electron chi connectivity index (χ4n) is 7.50. The predicted octanol–water partition coefficient (Wildman–Crippen LogP) is 10.9. The van der Waals surface area contributed by atoms with Gasteiger partial charge in [-0.05, 0) is 83.0 Å². The summed E-state index contributed by atoms with van der Waals surface area (Å²) in [7, 11) is -13.6. The molecule has 1 aromatic heterocycles. The largest absolute Gasteiger partial charge is 0.506 e. The van der Waals surface area contributed by atoms with Gasteiger partial charge in [0, 0.05) is 80.6 Å². The molecule has 0 radical (unpaired) electrons. The second kappa shape index (κ2) is 26.2. The zero-order chi connectivity index (χ0) is 60.0. The van der Waals surface area contributed by atoms with Gasteiger partial charge in [-0.3, -0.25) is 29.3 Å². The summed E-state index contributed by atoms with van der Waals surface area (Å²) in [4.78, 5) is 32.4. The number of sulfone groups is 1. The molecule has 0 bridgehead atoms. The molecule has 31 nitrogen and oxygen atoms in total. The molecule has 84 heavy (non-hydrogen) atoms. The smallest absolute Gasteiger partial charge is 0.397 e. The number of non-ortho nitro benzene ring substituents is 2. The van der Waals surface area contributed by atoms with E-state index in [1.165, 1.54) is 48.5 Å². The summed E-state index contributed by atoms with van der Waals surface area (Å²) in [5, 5.41) is 99.7. The van der Waals surface area contributed by atoms with Crippen molar-refractivity contribution in [3.8, 4) is 23.0 Å². The van der Waals surface area contributed by atoms with E-state index in [-0.39, 0.29) is 94.7 Å². The number of nitrogens with zero attached hydrogens (tertiary/aromatic N) is 9. The molecule has 0 atom stereocenters. The van der Waals surface area contributed by atoms with Crippen LogP contribution < -0.4 is 10.6 Å². The van der Waals surface area contributed by atoms with Crippen molar-refractivity contribution in [2.45, 2.75) is 14.7 Å². The number of nitro groups is 2. The Hall–Kier alpha value is -8.87. The Bertz CT molecular complexity index is 4480. The van der Waals surface area contributed by atoms with E-state index < -0.39 is 80.4 Å². The molecular formula is C47H34ClCrN11O20S4. The number of fused-ring (bicyclic) bond motifs is 3. The van der Waals surface area contributed by atoms with Gasteiger partial charge in [0.15, 0.2) is 15.6 Å². The maximum Gasteiger partial charge on any atom is 0.397 e. The Labute approximate surface area is 490 Å². The summed E-state index contributed by atoms with van der Waals surface area (Å²) in [6.45, 7) is -0.785. The SMILES string of the molecule is O=[N+]([O-])c1ccc(O)c(N=Nc2c(SOOO)cc3ccc(Nc4nc(Cl)nc(Nc5ccc(S(=O)(=O)CCOS(=O)(=O)O)cc5)n4)cc3c2O)c1.O=[N+]([O-])c1ccc2c(N=Nc3c(O)ccc4ccccc34)c(O)cc(S(=O)(=O)O)c2c1.[Cr]. The summed E-state index contributed by atoms with van der Waals surface area (Å²) in [5.41, 5.74) is -0.701. The molecule has 0 aliphatic rings. The molecule has 0 aliphatic heterocycles. The number of azo groups is 2. The number of hydrogen-bond acceptors (Lipinski definition) is 28. The van der Waals surface area contributed by atoms with E-state index in [4.69, 9.17) is 21.4 Å². The van der Waals surface area contributed by atoms with Crippen molar-refractivity contribution in [1.82, 2.24) is 15.0 Å². The minimum atomic E-state index is -4.81. The van der Waals surface area contributed by atoms with Gasteiger partial charge in [0.1, 0.15) is 44.9 Å². The third-order valence-electron chi connectivity index (χ3n) is 11.2. The summed E-state index contributed by atoms with van der Waals surface area (Å²) in [5.74, 6) is -2.50. The monoisotopic (exact) mass is 1290 g/mol. The van der Waals surface area contributed by atoms with Crippen LogP contribution in [0.3, 0.4) is 0 Å². The number of aromatic nitrogens is 3. The van der Waals surface area contributed by atoms with Gasteiger partial charge in [-0.25, -0.2) is 17.9 Å². The Kier molecular flexibility index (Phi) is 19.5. The van der Waals surface area contributed by atoms with E-state index in [9.17, 15) is 70.5 Å². The summed E-state index contributed by atoms with van der Waals surface area (Å²) >= 11 is 6.57. The molecular weight excluding hydrogens is 1250 g/mol. The first-order valence-electron chi connectivity index (χ1n) is 22.6. The fourth-order valence-corrected chi connectivity index (χ4v) is 10.4. The van der Waals surface area contributed by atoms with Crippen LogP contribution in [0.1, 0.15) is 0 Å². The molecule has 37 heteroatoms. The number of hydrogen-bond donors (Lipinski definition) is 9. The van der Waals surface area contributed by atoms with Crippen molar-refractivity contribution < 1.29 is 101 Å².